The number of urea groups is 1. The van der Waals surface area contributed by atoms with Crippen LogP contribution in [0.1, 0.15) is 44.6 Å². The summed E-state index contributed by atoms with van der Waals surface area (Å²) in [4.78, 5) is 40.7. The second-order valence-electron chi connectivity index (χ2n) is 7.37. The molecule has 1 aliphatic heterocycles. The summed E-state index contributed by atoms with van der Waals surface area (Å²) in [5.74, 6) is -0.708. The summed E-state index contributed by atoms with van der Waals surface area (Å²) in [5.41, 5.74) is -0.763. The van der Waals surface area contributed by atoms with Crippen LogP contribution < -0.4 is 5.32 Å². The van der Waals surface area contributed by atoms with Gasteiger partial charge in [-0.2, -0.15) is 0 Å². The molecule has 1 N–H and O–H groups in total. The highest BCUT2D eigenvalue weighted by molar-refractivity contribution is 6.42. The van der Waals surface area contributed by atoms with E-state index in [1.807, 2.05) is 0 Å². The molecule has 1 heterocycles. The molecule has 1 saturated carbocycles. The van der Waals surface area contributed by atoms with E-state index in [0.717, 1.165) is 30.6 Å². The fourth-order valence-corrected chi connectivity index (χ4v) is 4.06. The summed E-state index contributed by atoms with van der Waals surface area (Å²) in [7, 11) is 1.74. The zero-order valence-electron chi connectivity index (χ0n) is 15.4. The lowest BCUT2D eigenvalue weighted by Crippen LogP contribution is -2.46. The highest BCUT2D eigenvalue weighted by Crippen LogP contribution is 2.33. The average Bonchev–Trinajstić information content (AvgIpc) is 2.88. The van der Waals surface area contributed by atoms with E-state index in [1.165, 1.54) is 6.42 Å². The van der Waals surface area contributed by atoms with Crippen molar-refractivity contribution in [3.8, 4) is 0 Å². The van der Waals surface area contributed by atoms with Crippen LogP contribution >= 0.6 is 23.2 Å². The molecule has 8 heteroatoms. The third-order valence-electron chi connectivity index (χ3n) is 5.58. The van der Waals surface area contributed by atoms with Gasteiger partial charge in [-0.1, -0.05) is 48.5 Å². The smallest absolute Gasteiger partial charge is 0.325 e. The van der Waals surface area contributed by atoms with Crippen molar-refractivity contribution in [2.45, 2.75) is 50.6 Å². The van der Waals surface area contributed by atoms with Gasteiger partial charge in [0, 0.05) is 13.1 Å². The Balaban J connectivity index is 1.75. The summed E-state index contributed by atoms with van der Waals surface area (Å²) in [6.45, 7) is 1.33. The van der Waals surface area contributed by atoms with Crippen LogP contribution in [0.4, 0.5) is 4.79 Å². The Hall–Kier alpha value is -1.79. The molecule has 146 valence electrons. The number of halogens is 2. The monoisotopic (exact) mass is 411 g/mol. The molecule has 4 amide bonds. The van der Waals surface area contributed by atoms with Crippen LogP contribution in [0.2, 0.25) is 10.0 Å². The van der Waals surface area contributed by atoms with Crippen molar-refractivity contribution in [1.29, 1.82) is 0 Å². The fraction of sp³-hybridized carbons (Fsp3) is 0.526. The predicted molar refractivity (Wildman–Crippen MR) is 104 cm³/mol. The maximum absolute atomic E-state index is 13.0. The molecule has 1 saturated heterocycles. The number of hydrogen-bond donors (Lipinski definition) is 1. The normalized spacial score (nSPS) is 23.5. The van der Waals surface area contributed by atoms with E-state index in [1.54, 1.807) is 37.1 Å². The van der Waals surface area contributed by atoms with E-state index < -0.39 is 17.5 Å². The minimum atomic E-state index is -1.28. The number of likely N-dealkylation sites (N-methyl/N-ethyl adjacent to an activating group) is 1. The Morgan fingerprint density at radius 3 is 2.52 bits per heavy atom. The Bertz CT molecular complexity index is 779. The Labute approximate surface area is 168 Å². The van der Waals surface area contributed by atoms with Crippen molar-refractivity contribution in [2.75, 3.05) is 13.6 Å². The summed E-state index contributed by atoms with van der Waals surface area (Å²) in [6, 6.07) is 4.37. The van der Waals surface area contributed by atoms with E-state index >= 15 is 0 Å². The fourth-order valence-electron chi connectivity index (χ4n) is 3.76. The van der Waals surface area contributed by atoms with Gasteiger partial charge in [-0.15, -0.1) is 0 Å². The molecule has 0 spiro atoms. The van der Waals surface area contributed by atoms with Crippen molar-refractivity contribution in [1.82, 2.24) is 15.1 Å². The number of carbonyl (C=O) groups is 3. The summed E-state index contributed by atoms with van der Waals surface area (Å²) >= 11 is 12.0. The van der Waals surface area contributed by atoms with Crippen molar-refractivity contribution in [2.24, 2.45) is 0 Å². The standard InChI is InChI=1S/C19H23Cl2N3O3/c1-19(12-8-9-14(20)15(21)10-12)17(26)24(18(27)22-19)11-16(25)23(2)13-6-4-3-5-7-13/h8-10,13H,3-7,11H2,1-2H3,(H,22,27). The Kier molecular flexibility index (Phi) is 5.68. The zero-order valence-corrected chi connectivity index (χ0v) is 16.9. The molecule has 3 rings (SSSR count). The third-order valence-corrected chi connectivity index (χ3v) is 6.32. The van der Waals surface area contributed by atoms with Crippen LogP contribution in [-0.2, 0) is 15.1 Å². The van der Waals surface area contributed by atoms with Gasteiger partial charge in [0.15, 0.2) is 0 Å². The summed E-state index contributed by atoms with van der Waals surface area (Å²) in [5, 5.41) is 3.34. The van der Waals surface area contributed by atoms with Crippen LogP contribution in [-0.4, -0.2) is 47.3 Å². The van der Waals surface area contributed by atoms with Gasteiger partial charge in [-0.05, 0) is 37.5 Å². The molecule has 27 heavy (non-hydrogen) atoms. The first-order valence-corrected chi connectivity index (χ1v) is 9.85. The van der Waals surface area contributed by atoms with Crippen molar-refractivity contribution < 1.29 is 14.4 Å². The molecule has 0 radical (unpaired) electrons. The minimum absolute atomic E-state index is 0.175. The molecule has 0 aromatic heterocycles. The van der Waals surface area contributed by atoms with E-state index in [-0.39, 0.29) is 18.5 Å². The van der Waals surface area contributed by atoms with Gasteiger partial charge in [0.2, 0.25) is 5.91 Å². The first-order valence-electron chi connectivity index (χ1n) is 9.09. The van der Waals surface area contributed by atoms with Crippen LogP contribution in [0.25, 0.3) is 0 Å². The van der Waals surface area contributed by atoms with E-state index in [9.17, 15) is 14.4 Å². The number of rotatable bonds is 4. The van der Waals surface area contributed by atoms with Crippen molar-refractivity contribution in [3.63, 3.8) is 0 Å². The molecule has 1 aromatic rings. The topological polar surface area (TPSA) is 69.7 Å². The molecule has 1 atom stereocenters. The second kappa shape index (κ2) is 7.68. The lowest BCUT2D eigenvalue weighted by Gasteiger charge is -2.32. The SMILES string of the molecule is CN(C(=O)CN1C(=O)NC(C)(c2ccc(Cl)c(Cl)c2)C1=O)C1CCCCC1. The van der Waals surface area contributed by atoms with Crippen molar-refractivity contribution in [3.05, 3.63) is 33.8 Å². The molecule has 1 aromatic carbocycles. The lowest BCUT2D eigenvalue weighted by molar-refractivity contribution is -0.139. The van der Waals surface area contributed by atoms with E-state index in [4.69, 9.17) is 23.2 Å². The van der Waals surface area contributed by atoms with Crippen LogP contribution in [0.15, 0.2) is 18.2 Å². The molecule has 2 fully saturated rings. The average molecular weight is 412 g/mol. The summed E-state index contributed by atoms with van der Waals surface area (Å²) < 4.78 is 0. The van der Waals surface area contributed by atoms with E-state index in [2.05, 4.69) is 5.32 Å². The number of benzene rings is 1. The first kappa shape index (κ1) is 20.0. The van der Waals surface area contributed by atoms with E-state index in [0.29, 0.717) is 15.6 Å². The highest BCUT2D eigenvalue weighted by Gasteiger charge is 2.50. The quantitative estimate of drug-likeness (QED) is 0.769. The lowest BCUT2D eigenvalue weighted by atomic mass is 9.92. The number of nitrogens with one attached hydrogen (secondary N) is 1. The van der Waals surface area contributed by atoms with Gasteiger partial charge in [0.1, 0.15) is 12.1 Å². The van der Waals surface area contributed by atoms with Crippen LogP contribution in [0.5, 0.6) is 0 Å². The number of amides is 4. The largest absolute Gasteiger partial charge is 0.341 e. The highest BCUT2D eigenvalue weighted by atomic mass is 35.5. The number of carbonyl (C=O) groups excluding carboxylic acids is 3. The molecule has 2 aliphatic rings. The maximum Gasteiger partial charge on any atom is 0.325 e. The molecule has 1 aliphatic carbocycles. The first-order chi connectivity index (χ1) is 12.7. The minimum Gasteiger partial charge on any atom is -0.341 e. The molecular weight excluding hydrogens is 389 g/mol. The van der Waals surface area contributed by atoms with Crippen LogP contribution in [0, 0.1) is 0 Å². The number of hydrogen-bond acceptors (Lipinski definition) is 3. The van der Waals surface area contributed by atoms with Crippen molar-refractivity contribution >= 4 is 41.0 Å². The summed E-state index contributed by atoms with van der Waals surface area (Å²) in [6.07, 6.45) is 5.31. The van der Waals surface area contributed by atoms with Gasteiger partial charge in [-0.3, -0.25) is 14.5 Å². The van der Waals surface area contributed by atoms with Gasteiger partial charge >= 0.3 is 6.03 Å². The van der Waals surface area contributed by atoms with Gasteiger partial charge in [-0.25, -0.2) is 4.79 Å². The van der Waals surface area contributed by atoms with Gasteiger partial charge < -0.3 is 10.2 Å². The molecule has 0 bridgehead atoms. The Morgan fingerprint density at radius 2 is 1.89 bits per heavy atom. The third kappa shape index (κ3) is 3.78. The number of imide groups is 1. The number of nitrogens with zero attached hydrogens (tertiary/aromatic N) is 2. The molecular formula is C19H23Cl2N3O3. The Morgan fingerprint density at radius 1 is 1.22 bits per heavy atom. The maximum atomic E-state index is 13.0. The molecule has 1 unspecified atom stereocenters. The van der Waals surface area contributed by atoms with Gasteiger partial charge in [0.05, 0.1) is 10.0 Å². The zero-order chi connectivity index (χ0) is 19.8. The second-order valence-corrected chi connectivity index (χ2v) is 8.19. The molecule has 6 nitrogen and oxygen atoms in total. The predicted octanol–water partition coefficient (Wildman–Crippen LogP) is 3.55. The van der Waals surface area contributed by atoms with Crippen LogP contribution in [0.3, 0.4) is 0 Å². The van der Waals surface area contributed by atoms with Gasteiger partial charge in [0.25, 0.3) is 5.91 Å².